The standard InChI is InChI=1S/C17H13ClN2S/c1-12-7-5-6-10-14(12)15-16(18)19-11-20-17(15)21-13-8-3-2-4-9-13/h2-11H,1H3. The van der Waals surface area contributed by atoms with Gasteiger partial charge in [-0.1, -0.05) is 65.8 Å². The molecule has 104 valence electrons. The zero-order valence-electron chi connectivity index (χ0n) is 11.5. The summed E-state index contributed by atoms with van der Waals surface area (Å²) in [6.45, 7) is 2.07. The van der Waals surface area contributed by atoms with Crippen LogP contribution in [0.4, 0.5) is 0 Å². The molecule has 0 amide bonds. The Morgan fingerprint density at radius 3 is 2.38 bits per heavy atom. The summed E-state index contributed by atoms with van der Waals surface area (Å²) in [4.78, 5) is 9.69. The number of rotatable bonds is 3. The molecule has 0 saturated carbocycles. The molecule has 0 aliphatic rings. The number of aromatic nitrogens is 2. The lowest BCUT2D eigenvalue weighted by molar-refractivity contribution is 1.05. The maximum Gasteiger partial charge on any atom is 0.141 e. The fraction of sp³-hybridized carbons (Fsp3) is 0.0588. The van der Waals surface area contributed by atoms with Gasteiger partial charge in [0.25, 0.3) is 0 Å². The lowest BCUT2D eigenvalue weighted by Gasteiger charge is -2.11. The van der Waals surface area contributed by atoms with E-state index in [0.717, 1.165) is 26.6 Å². The van der Waals surface area contributed by atoms with Crippen molar-refractivity contribution < 1.29 is 0 Å². The lowest BCUT2D eigenvalue weighted by atomic mass is 10.0. The highest BCUT2D eigenvalue weighted by Crippen LogP contribution is 2.38. The highest BCUT2D eigenvalue weighted by Gasteiger charge is 2.15. The van der Waals surface area contributed by atoms with E-state index in [-0.39, 0.29) is 0 Å². The molecule has 0 fully saturated rings. The maximum atomic E-state index is 6.34. The van der Waals surface area contributed by atoms with Gasteiger partial charge in [0.05, 0.1) is 5.56 Å². The van der Waals surface area contributed by atoms with E-state index in [2.05, 4.69) is 41.2 Å². The summed E-state index contributed by atoms with van der Waals surface area (Å²) < 4.78 is 0. The molecule has 1 heterocycles. The molecule has 0 saturated heterocycles. The van der Waals surface area contributed by atoms with Crippen molar-refractivity contribution in [2.24, 2.45) is 0 Å². The van der Waals surface area contributed by atoms with Crippen molar-refractivity contribution in [1.29, 1.82) is 0 Å². The fourth-order valence-corrected chi connectivity index (χ4v) is 3.32. The quantitative estimate of drug-likeness (QED) is 0.617. The first-order valence-electron chi connectivity index (χ1n) is 6.55. The van der Waals surface area contributed by atoms with E-state index in [1.165, 1.54) is 6.33 Å². The van der Waals surface area contributed by atoms with Gasteiger partial charge >= 0.3 is 0 Å². The molecule has 0 radical (unpaired) electrons. The predicted molar refractivity (Wildman–Crippen MR) is 87.8 cm³/mol. The van der Waals surface area contributed by atoms with Gasteiger partial charge in [0.15, 0.2) is 0 Å². The van der Waals surface area contributed by atoms with E-state index in [1.54, 1.807) is 11.8 Å². The summed E-state index contributed by atoms with van der Waals surface area (Å²) in [6.07, 6.45) is 1.51. The van der Waals surface area contributed by atoms with Gasteiger partial charge in [-0.15, -0.1) is 0 Å². The van der Waals surface area contributed by atoms with Gasteiger partial charge in [0.2, 0.25) is 0 Å². The summed E-state index contributed by atoms with van der Waals surface area (Å²) in [5.41, 5.74) is 3.12. The van der Waals surface area contributed by atoms with Gasteiger partial charge in [0, 0.05) is 4.90 Å². The van der Waals surface area contributed by atoms with Gasteiger partial charge in [-0.05, 0) is 30.2 Å². The van der Waals surface area contributed by atoms with Crippen molar-refractivity contribution >= 4 is 23.4 Å². The Hall–Kier alpha value is -1.84. The SMILES string of the molecule is Cc1ccccc1-c1c(Cl)ncnc1Sc1ccccc1. The minimum absolute atomic E-state index is 0.484. The van der Waals surface area contributed by atoms with Crippen LogP contribution in [-0.4, -0.2) is 9.97 Å². The molecule has 3 rings (SSSR count). The molecule has 0 spiro atoms. The number of halogens is 1. The molecule has 0 aliphatic carbocycles. The molecule has 0 bridgehead atoms. The first kappa shape index (κ1) is 14.1. The van der Waals surface area contributed by atoms with E-state index in [9.17, 15) is 0 Å². The van der Waals surface area contributed by atoms with Crippen LogP contribution < -0.4 is 0 Å². The van der Waals surface area contributed by atoms with Crippen molar-refractivity contribution in [3.8, 4) is 11.1 Å². The Balaban J connectivity index is 2.10. The van der Waals surface area contributed by atoms with Gasteiger partial charge < -0.3 is 0 Å². The molecule has 4 heteroatoms. The highest BCUT2D eigenvalue weighted by atomic mass is 35.5. The van der Waals surface area contributed by atoms with Crippen LogP contribution in [0.1, 0.15) is 5.56 Å². The molecule has 21 heavy (non-hydrogen) atoms. The average Bonchev–Trinajstić information content (AvgIpc) is 2.50. The summed E-state index contributed by atoms with van der Waals surface area (Å²) >= 11 is 7.93. The van der Waals surface area contributed by atoms with Crippen LogP contribution in [0.25, 0.3) is 11.1 Å². The van der Waals surface area contributed by atoms with Crippen LogP contribution in [0, 0.1) is 6.92 Å². The number of benzene rings is 2. The molecule has 0 unspecified atom stereocenters. The van der Waals surface area contributed by atoms with Crippen LogP contribution in [0.2, 0.25) is 5.15 Å². The second-order valence-electron chi connectivity index (χ2n) is 4.57. The van der Waals surface area contributed by atoms with Gasteiger partial charge in [0.1, 0.15) is 16.5 Å². The summed E-state index contributed by atoms with van der Waals surface area (Å²) in [5, 5.41) is 1.35. The lowest BCUT2D eigenvalue weighted by Crippen LogP contribution is -1.93. The van der Waals surface area contributed by atoms with Crippen LogP contribution in [0.5, 0.6) is 0 Å². The molecule has 0 aliphatic heterocycles. The number of hydrogen-bond acceptors (Lipinski definition) is 3. The molecule has 0 atom stereocenters. The van der Waals surface area contributed by atoms with Crippen LogP contribution in [-0.2, 0) is 0 Å². The third kappa shape index (κ3) is 3.09. The Kier molecular flexibility index (Phi) is 4.23. The second kappa shape index (κ2) is 6.29. The van der Waals surface area contributed by atoms with Gasteiger partial charge in [-0.25, -0.2) is 9.97 Å². The van der Waals surface area contributed by atoms with Gasteiger partial charge in [-0.2, -0.15) is 0 Å². The van der Waals surface area contributed by atoms with Gasteiger partial charge in [-0.3, -0.25) is 0 Å². The molecule has 2 nitrogen and oxygen atoms in total. The molecular weight excluding hydrogens is 300 g/mol. The molecule has 1 aromatic heterocycles. The summed E-state index contributed by atoms with van der Waals surface area (Å²) in [6, 6.07) is 18.3. The second-order valence-corrected chi connectivity index (χ2v) is 5.99. The smallest absolute Gasteiger partial charge is 0.141 e. The van der Waals surface area contributed by atoms with E-state index < -0.39 is 0 Å². The number of aryl methyl sites for hydroxylation is 1. The number of nitrogens with zero attached hydrogens (tertiary/aromatic N) is 2. The highest BCUT2D eigenvalue weighted by molar-refractivity contribution is 7.99. The summed E-state index contributed by atoms with van der Waals surface area (Å²) in [7, 11) is 0. The number of hydrogen-bond donors (Lipinski definition) is 0. The predicted octanol–water partition coefficient (Wildman–Crippen LogP) is 5.26. The Bertz CT molecular complexity index is 760. The van der Waals surface area contributed by atoms with Crippen molar-refractivity contribution in [2.75, 3.05) is 0 Å². The van der Waals surface area contributed by atoms with Crippen molar-refractivity contribution in [2.45, 2.75) is 16.8 Å². The zero-order valence-corrected chi connectivity index (χ0v) is 13.0. The van der Waals surface area contributed by atoms with Crippen LogP contribution in [0.15, 0.2) is 70.8 Å². The Morgan fingerprint density at radius 2 is 1.62 bits per heavy atom. The third-order valence-corrected chi connectivity index (χ3v) is 4.44. The minimum atomic E-state index is 0.484. The monoisotopic (exact) mass is 312 g/mol. The van der Waals surface area contributed by atoms with E-state index in [0.29, 0.717) is 5.15 Å². The van der Waals surface area contributed by atoms with Crippen LogP contribution in [0.3, 0.4) is 0 Å². The molecular formula is C17H13ClN2S. The minimum Gasteiger partial charge on any atom is -0.229 e. The molecule has 0 N–H and O–H groups in total. The topological polar surface area (TPSA) is 25.8 Å². The van der Waals surface area contributed by atoms with Crippen LogP contribution >= 0.6 is 23.4 Å². The maximum absolute atomic E-state index is 6.34. The first-order valence-corrected chi connectivity index (χ1v) is 7.74. The first-order chi connectivity index (χ1) is 10.3. The fourth-order valence-electron chi connectivity index (χ4n) is 2.11. The van der Waals surface area contributed by atoms with Crippen molar-refractivity contribution in [3.05, 3.63) is 71.6 Å². The van der Waals surface area contributed by atoms with Crippen molar-refractivity contribution in [1.82, 2.24) is 9.97 Å². The Labute approximate surface area is 133 Å². The largest absolute Gasteiger partial charge is 0.229 e. The molecule has 3 aromatic rings. The van der Waals surface area contributed by atoms with E-state index in [1.807, 2.05) is 30.3 Å². The normalized spacial score (nSPS) is 10.6. The summed E-state index contributed by atoms with van der Waals surface area (Å²) in [5.74, 6) is 0. The third-order valence-electron chi connectivity index (χ3n) is 3.14. The average molecular weight is 313 g/mol. The Morgan fingerprint density at radius 1 is 0.905 bits per heavy atom. The van der Waals surface area contributed by atoms with E-state index >= 15 is 0 Å². The zero-order chi connectivity index (χ0) is 14.7. The van der Waals surface area contributed by atoms with E-state index in [4.69, 9.17) is 11.6 Å². The van der Waals surface area contributed by atoms with Crippen molar-refractivity contribution in [3.63, 3.8) is 0 Å². The molecule has 2 aromatic carbocycles.